The van der Waals surface area contributed by atoms with E-state index in [0.29, 0.717) is 0 Å². The first-order valence-electron chi connectivity index (χ1n) is 4.58. The van der Waals surface area contributed by atoms with Crippen molar-refractivity contribution in [1.29, 1.82) is 0 Å². The van der Waals surface area contributed by atoms with Gasteiger partial charge in [0.1, 0.15) is 12.2 Å². The smallest absolute Gasteiger partial charge is 0.109 e. The number of hydrogen-bond acceptors (Lipinski definition) is 6. The average molecular weight is 207 g/mol. The van der Waals surface area contributed by atoms with Crippen molar-refractivity contribution < 1.29 is 25.5 Å². The zero-order chi connectivity index (χ0) is 10.8. The van der Waals surface area contributed by atoms with Gasteiger partial charge >= 0.3 is 0 Å². The van der Waals surface area contributed by atoms with Crippen LogP contribution in [0.3, 0.4) is 0 Å². The topological polar surface area (TPSA) is 113 Å². The lowest BCUT2D eigenvalue weighted by Gasteiger charge is -2.45. The van der Waals surface area contributed by atoms with E-state index < -0.39 is 30.5 Å². The Balaban J connectivity index is 2.76. The normalized spacial score (nSPS) is 43.9. The number of piperidine rings is 1. The number of nitrogens with one attached hydrogen (secondary N) is 1. The van der Waals surface area contributed by atoms with Crippen molar-refractivity contribution in [2.24, 2.45) is 0 Å². The lowest BCUT2D eigenvalue weighted by atomic mass is 9.81. The van der Waals surface area contributed by atoms with Gasteiger partial charge in [-0.1, -0.05) is 0 Å². The maximum absolute atomic E-state index is 9.65. The summed E-state index contributed by atoms with van der Waals surface area (Å²) in [6, 6.07) is 0. The third-order valence-corrected chi connectivity index (χ3v) is 2.79. The van der Waals surface area contributed by atoms with Crippen LogP contribution in [0.5, 0.6) is 0 Å². The van der Waals surface area contributed by atoms with Crippen LogP contribution in [-0.4, -0.2) is 69.1 Å². The molecule has 84 valence electrons. The molecule has 0 bridgehead atoms. The van der Waals surface area contributed by atoms with Crippen LogP contribution in [0.1, 0.15) is 6.42 Å². The zero-order valence-corrected chi connectivity index (χ0v) is 7.80. The molecule has 0 amide bonds. The van der Waals surface area contributed by atoms with Crippen LogP contribution in [0.15, 0.2) is 0 Å². The van der Waals surface area contributed by atoms with Crippen LogP contribution < -0.4 is 5.32 Å². The third kappa shape index (κ3) is 1.90. The number of hydrogen-bond donors (Lipinski definition) is 6. The predicted octanol–water partition coefficient (Wildman–Crippen LogP) is -3.21. The molecule has 1 rings (SSSR count). The second kappa shape index (κ2) is 4.52. The lowest BCUT2D eigenvalue weighted by Crippen LogP contribution is -2.69. The van der Waals surface area contributed by atoms with Gasteiger partial charge in [0.05, 0.1) is 18.2 Å². The first-order valence-corrected chi connectivity index (χ1v) is 4.58. The van der Waals surface area contributed by atoms with E-state index in [1.807, 2.05) is 0 Å². The standard InChI is InChI=1S/C8H17NO5/c10-2-1-8(4-11)7(14)6(13)5(12)3-9-8/h5-7,9-14H,1-4H2/t5-,6+,7-,8+/m0/s1. The SMILES string of the molecule is OCC[C@]1(CO)NC[C@H](O)[C@@H](O)[C@@H]1O. The Labute approximate surface area is 81.8 Å². The lowest BCUT2D eigenvalue weighted by molar-refractivity contribution is -0.137. The highest BCUT2D eigenvalue weighted by atomic mass is 16.4. The van der Waals surface area contributed by atoms with Crippen LogP contribution in [0, 0.1) is 0 Å². The average Bonchev–Trinajstić information content (AvgIpc) is 2.20. The van der Waals surface area contributed by atoms with Gasteiger partial charge in [0, 0.05) is 13.2 Å². The minimum Gasteiger partial charge on any atom is -0.396 e. The summed E-state index contributed by atoms with van der Waals surface area (Å²) in [5, 5.41) is 48.9. The van der Waals surface area contributed by atoms with Crippen molar-refractivity contribution in [1.82, 2.24) is 5.32 Å². The summed E-state index contributed by atoms with van der Waals surface area (Å²) in [4.78, 5) is 0. The Bertz CT molecular complexity index is 191. The third-order valence-electron chi connectivity index (χ3n) is 2.79. The number of aliphatic hydroxyl groups is 5. The Morgan fingerprint density at radius 1 is 1.21 bits per heavy atom. The largest absolute Gasteiger partial charge is 0.396 e. The maximum Gasteiger partial charge on any atom is 0.109 e. The highest BCUT2D eigenvalue weighted by Gasteiger charge is 2.46. The van der Waals surface area contributed by atoms with E-state index in [4.69, 9.17) is 10.2 Å². The maximum atomic E-state index is 9.65. The summed E-state index contributed by atoms with van der Waals surface area (Å²) >= 11 is 0. The molecule has 4 atom stereocenters. The van der Waals surface area contributed by atoms with Crippen LogP contribution in [0.25, 0.3) is 0 Å². The molecule has 6 N–H and O–H groups in total. The minimum atomic E-state index is -1.30. The Morgan fingerprint density at radius 2 is 1.86 bits per heavy atom. The van der Waals surface area contributed by atoms with E-state index in [0.717, 1.165) is 0 Å². The molecule has 0 spiro atoms. The molecular formula is C8H17NO5. The van der Waals surface area contributed by atoms with E-state index in [-0.39, 0.29) is 19.6 Å². The molecule has 0 radical (unpaired) electrons. The Morgan fingerprint density at radius 3 is 2.36 bits per heavy atom. The molecule has 14 heavy (non-hydrogen) atoms. The van der Waals surface area contributed by atoms with Gasteiger partial charge in [-0.15, -0.1) is 0 Å². The summed E-state index contributed by atoms with van der Waals surface area (Å²) < 4.78 is 0. The minimum absolute atomic E-state index is 0.0821. The van der Waals surface area contributed by atoms with Crippen molar-refractivity contribution in [2.45, 2.75) is 30.3 Å². The summed E-state index contributed by atoms with van der Waals surface area (Å²) in [6.45, 7) is -0.537. The predicted molar refractivity (Wildman–Crippen MR) is 47.5 cm³/mol. The summed E-state index contributed by atoms with van der Waals surface area (Å²) in [6.07, 6.45) is -3.52. The molecule has 1 fully saturated rings. The molecule has 0 aromatic heterocycles. The van der Waals surface area contributed by atoms with Crippen molar-refractivity contribution in [3.8, 4) is 0 Å². The van der Waals surface area contributed by atoms with Crippen molar-refractivity contribution in [3.05, 3.63) is 0 Å². The van der Waals surface area contributed by atoms with E-state index in [9.17, 15) is 15.3 Å². The second-order valence-corrected chi connectivity index (χ2v) is 3.67. The van der Waals surface area contributed by atoms with Gasteiger partial charge in [0.2, 0.25) is 0 Å². The van der Waals surface area contributed by atoms with Crippen molar-refractivity contribution in [3.63, 3.8) is 0 Å². The van der Waals surface area contributed by atoms with Gasteiger partial charge < -0.3 is 30.8 Å². The molecule has 0 aliphatic carbocycles. The fraction of sp³-hybridized carbons (Fsp3) is 1.00. The second-order valence-electron chi connectivity index (χ2n) is 3.67. The molecule has 1 heterocycles. The van der Waals surface area contributed by atoms with Crippen LogP contribution >= 0.6 is 0 Å². The number of β-amino-alcohol motifs (C(OH)–C–C–N with tert-alkyl or cyclic N) is 1. The van der Waals surface area contributed by atoms with Gasteiger partial charge in [-0.25, -0.2) is 0 Å². The first-order chi connectivity index (χ1) is 6.57. The molecule has 0 aromatic rings. The molecule has 0 saturated carbocycles. The summed E-state index contributed by atoms with van der Waals surface area (Å²) in [5.41, 5.74) is -1.12. The number of aliphatic hydroxyl groups excluding tert-OH is 5. The van der Waals surface area contributed by atoms with Crippen LogP contribution in [0.4, 0.5) is 0 Å². The molecule has 6 nitrogen and oxygen atoms in total. The Hall–Kier alpha value is -0.240. The number of rotatable bonds is 3. The summed E-state index contributed by atoms with van der Waals surface area (Å²) in [7, 11) is 0. The monoisotopic (exact) mass is 207 g/mol. The van der Waals surface area contributed by atoms with E-state index >= 15 is 0 Å². The van der Waals surface area contributed by atoms with Gasteiger partial charge in [-0.3, -0.25) is 0 Å². The van der Waals surface area contributed by atoms with Gasteiger partial charge in [0.15, 0.2) is 0 Å². The Kier molecular flexibility index (Phi) is 3.82. The first kappa shape index (κ1) is 11.8. The van der Waals surface area contributed by atoms with E-state index in [2.05, 4.69) is 5.32 Å². The fourth-order valence-electron chi connectivity index (χ4n) is 1.73. The highest BCUT2D eigenvalue weighted by molar-refractivity contribution is 5.03. The fourth-order valence-corrected chi connectivity index (χ4v) is 1.73. The highest BCUT2D eigenvalue weighted by Crippen LogP contribution is 2.23. The molecule has 1 aliphatic heterocycles. The quantitative estimate of drug-likeness (QED) is 0.290. The van der Waals surface area contributed by atoms with Crippen molar-refractivity contribution >= 4 is 0 Å². The van der Waals surface area contributed by atoms with Gasteiger partial charge in [-0.2, -0.15) is 0 Å². The molecule has 0 aromatic carbocycles. The molecular weight excluding hydrogens is 190 g/mol. The van der Waals surface area contributed by atoms with Gasteiger partial charge in [-0.05, 0) is 6.42 Å². The molecule has 0 unspecified atom stereocenters. The van der Waals surface area contributed by atoms with Crippen LogP contribution in [0.2, 0.25) is 0 Å². The zero-order valence-electron chi connectivity index (χ0n) is 7.80. The van der Waals surface area contributed by atoms with E-state index in [1.165, 1.54) is 0 Å². The van der Waals surface area contributed by atoms with Crippen molar-refractivity contribution in [2.75, 3.05) is 19.8 Å². The van der Waals surface area contributed by atoms with Crippen LogP contribution in [-0.2, 0) is 0 Å². The van der Waals surface area contributed by atoms with E-state index in [1.54, 1.807) is 0 Å². The van der Waals surface area contributed by atoms with Gasteiger partial charge in [0.25, 0.3) is 0 Å². The molecule has 1 saturated heterocycles. The molecule has 1 aliphatic rings. The molecule has 6 heteroatoms. The summed E-state index contributed by atoms with van der Waals surface area (Å²) in [5.74, 6) is 0.